The maximum absolute atomic E-state index is 5.73. The number of fused-ring (bicyclic) bond motifs is 2. The Morgan fingerprint density at radius 1 is 0.955 bits per heavy atom. The molecule has 3 nitrogen and oxygen atoms in total. The van der Waals surface area contributed by atoms with Gasteiger partial charge in [0.25, 0.3) is 0 Å². The molecule has 0 saturated carbocycles. The van der Waals surface area contributed by atoms with E-state index in [9.17, 15) is 0 Å². The van der Waals surface area contributed by atoms with E-state index in [0.717, 1.165) is 45.4 Å². The van der Waals surface area contributed by atoms with E-state index in [1.165, 1.54) is 4.70 Å². The van der Waals surface area contributed by atoms with Crippen molar-refractivity contribution in [1.82, 2.24) is 9.97 Å². The van der Waals surface area contributed by atoms with E-state index in [1.54, 1.807) is 11.3 Å². The summed E-state index contributed by atoms with van der Waals surface area (Å²) in [5.41, 5.74) is 2.90. The Labute approximate surface area is 136 Å². The summed E-state index contributed by atoms with van der Waals surface area (Å²) in [5.74, 6) is 1.85. The Bertz CT molecular complexity index is 771. The van der Waals surface area contributed by atoms with E-state index >= 15 is 0 Å². The molecule has 2 aromatic heterocycles. The highest BCUT2D eigenvalue weighted by Gasteiger charge is 2.06. The fourth-order valence-electron chi connectivity index (χ4n) is 2.32. The van der Waals surface area contributed by atoms with Crippen molar-refractivity contribution in [3.63, 3.8) is 0 Å². The normalized spacial score (nSPS) is 11.5. The summed E-state index contributed by atoms with van der Waals surface area (Å²) in [6, 6.07) is 16.2. The number of thiazole rings is 1. The van der Waals surface area contributed by atoms with Gasteiger partial charge in [-0.2, -0.15) is 0 Å². The first-order valence-corrected chi connectivity index (χ1v) is 9.01. The summed E-state index contributed by atoms with van der Waals surface area (Å²) in [6.07, 6.45) is 1.90. The van der Waals surface area contributed by atoms with Gasteiger partial charge in [0.1, 0.15) is 5.52 Å². The highest BCUT2D eigenvalue weighted by Crippen LogP contribution is 2.29. The standard InChI is InChI=1S/C17H14N2OS2/c1-3-8-14-12(6-1)18-16(20-14)10-5-11-21-17-19-13-7-2-4-9-15(13)22-17/h1-4,6-9H,5,10-11H2. The van der Waals surface area contributed by atoms with E-state index in [1.807, 2.05) is 42.1 Å². The van der Waals surface area contributed by atoms with Gasteiger partial charge in [-0.25, -0.2) is 9.97 Å². The molecule has 0 N–H and O–H groups in total. The number of para-hydroxylation sites is 3. The van der Waals surface area contributed by atoms with Crippen LogP contribution in [0.4, 0.5) is 0 Å². The molecule has 0 aliphatic heterocycles. The van der Waals surface area contributed by atoms with Crippen molar-refractivity contribution in [3.8, 4) is 0 Å². The summed E-state index contributed by atoms with van der Waals surface area (Å²) in [5, 5.41) is 0. The lowest BCUT2D eigenvalue weighted by atomic mass is 10.3. The Balaban J connectivity index is 1.35. The van der Waals surface area contributed by atoms with Crippen LogP contribution in [0.2, 0.25) is 0 Å². The Morgan fingerprint density at radius 3 is 2.64 bits per heavy atom. The summed E-state index contributed by atoms with van der Waals surface area (Å²) >= 11 is 3.57. The molecular weight excluding hydrogens is 312 g/mol. The van der Waals surface area contributed by atoms with Gasteiger partial charge in [-0.1, -0.05) is 36.0 Å². The molecule has 0 fully saturated rings. The predicted octanol–water partition coefficient (Wildman–Crippen LogP) is 5.16. The molecule has 4 rings (SSSR count). The maximum atomic E-state index is 5.73. The van der Waals surface area contributed by atoms with E-state index in [4.69, 9.17) is 4.42 Å². The van der Waals surface area contributed by atoms with Crippen LogP contribution in [0.3, 0.4) is 0 Å². The third kappa shape index (κ3) is 2.87. The van der Waals surface area contributed by atoms with Crippen LogP contribution in [0, 0.1) is 0 Å². The first kappa shape index (κ1) is 13.8. The van der Waals surface area contributed by atoms with Gasteiger partial charge in [0.2, 0.25) is 0 Å². The number of rotatable bonds is 5. The van der Waals surface area contributed by atoms with E-state index < -0.39 is 0 Å². The number of aryl methyl sites for hydroxylation is 1. The van der Waals surface area contributed by atoms with Crippen LogP contribution < -0.4 is 0 Å². The number of hydrogen-bond acceptors (Lipinski definition) is 5. The maximum Gasteiger partial charge on any atom is 0.195 e. The molecule has 0 aliphatic rings. The number of oxazole rings is 1. The predicted molar refractivity (Wildman–Crippen MR) is 92.7 cm³/mol. The van der Waals surface area contributed by atoms with Gasteiger partial charge in [0.05, 0.1) is 10.2 Å². The number of hydrogen-bond donors (Lipinski definition) is 0. The molecule has 5 heteroatoms. The molecular formula is C17H14N2OS2. The quantitative estimate of drug-likeness (QED) is 0.375. The fourth-order valence-corrected chi connectivity index (χ4v) is 4.40. The van der Waals surface area contributed by atoms with E-state index in [0.29, 0.717) is 0 Å². The molecule has 0 bridgehead atoms. The molecule has 0 unspecified atom stereocenters. The zero-order valence-corrected chi connectivity index (χ0v) is 13.5. The fraction of sp³-hybridized carbons (Fsp3) is 0.176. The second kappa shape index (κ2) is 6.10. The van der Waals surface area contributed by atoms with E-state index in [-0.39, 0.29) is 0 Å². The third-order valence-electron chi connectivity index (χ3n) is 3.37. The minimum atomic E-state index is 0.825. The molecule has 0 saturated heterocycles. The van der Waals surface area contributed by atoms with Gasteiger partial charge in [0, 0.05) is 12.2 Å². The topological polar surface area (TPSA) is 38.9 Å². The molecule has 4 aromatic rings. The van der Waals surface area contributed by atoms with Crippen LogP contribution in [0.15, 0.2) is 57.3 Å². The van der Waals surface area contributed by atoms with Crippen molar-refractivity contribution in [2.75, 3.05) is 5.75 Å². The van der Waals surface area contributed by atoms with Gasteiger partial charge in [-0.15, -0.1) is 11.3 Å². The highest BCUT2D eigenvalue weighted by atomic mass is 32.2. The Morgan fingerprint density at radius 2 is 1.77 bits per heavy atom. The minimum Gasteiger partial charge on any atom is -0.441 e. The SMILES string of the molecule is c1ccc2oc(CCCSc3nc4ccccc4s3)nc2c1. The van der Waals surface area contributed by atoms with Crippen LogP contribution in [0.1, 0.15) is 12.3 Å². The van der Waals surface area contributed by atoms with Crippen molar-refractivity contribution in [2.24, 2.45) is 0 Å². The van der Waals surface area contributed by atoms with E-state index in [2.05, 4.69) is 28.2 Å². The molecule has 2 heterocycles. The van der Waals surface area contributed by atoms with Crippen LogP contribution in [0.5, 0.6) is 0 Å². The average molecular weight is 326 g/mol. The molecule has 0 spiro atoms. The van der Waals surface area contributed by atoms with Crippen molar-refractivity contribution in [3.05, 3.63) is 54.4 Å². The number of benzene rings is 2. The molecule has 22 heavy (non-hydrogen) atoms. The van der Waals surface area contributed by atoms with Crippen LogP contribution in [-0.2, 0) is 6.42 Å². The summed E-state index contributed by atoms with van der Waals surface area (Å²) < 4.78 is 8.13. The molecule has 0 aliphatic carbocycles. The van der Waals surface area contributed by atoms with Gasteiger partial charge in [-0.3, -0.25) is 0 Å². The van der Waals surface area contributed by atoms with Crippen LogP contribution >= 0.6 is 23.1 Å². The molecule has 0 amide bonds. The number of thioether (sulfide) groups is 1. The van der Waals surface area contributed by atoms with Gasteiger partial charge in [-0.05, 0) is 30.7 Å². The minimum absolute atomic E-state index is 0.825. The third-order valence-corrected chi connectivity index (χ3v) is 5.64. The van der Waals surface area contributed by atoms with Crippen molar-refractivity contribution >= 4 is 44.4 Å². The second-order valence-electron chi connectivity index (χ2n) is 4.97. The first-order valence-electron chi connectivity index (χ1n) is 7.21. The zero-order valence-electron chi connectivity index (χ0n) is 11.9. The lowest BCUT2D eigenvalue weighted by molar-refractivity contribution is 0.526. The van der Waals surface area contributed by atoms with Crippen molar-refractivity contribution in [1.29, 1.82) is 0 Å². The highest BCUT2D eigenvalue weighted by molar-refractivity contribution is 8.01. The molecule has 2 aromatic carbocycles. The first-order chi connectivity index (χ1) is 10.9. The number of nitrogens with zero attached hydrogens (tertiary/aromatic N) is 2. The molecule has 0 atom stereocenters. The van der Waals surface area contributed by atoms with Crippen molar-refractivity contribution < 1.29 is 4.42 Å². The largest absolute Gasteiger partial charge is 0.441 e. The lowest BCUT2D eigenvalue weighted by Gasteiger charge is -1.95. The zero-order chi connectivity index (χ0) is 14.8. The van der Waals surface area contributed by atoms with Crippen molar-refractivity contribution in [2.45, 2.75) is 17.2 Å². The Hall–Kier alpha value is -1.85. The summed E-state index contributed by atoms with van der Waals surface area (Å²) in [4.78, 5) is 9.14. The molecule has 0 radical (unpaired) electrons. The number of aromatic nitrogens is 2. The molecule has 110 valence electrons. The summed E-state index contributed by atoms with van der Waals surface area (Å²) in [6.45, 7) is 0. The van der Waals surface area contributed by atoms with Crippen LogP contribution in [-0.4, -0.2) is 15.7 Å². The second-order valence-corrected chi connectivity index (χ2v) is 7.35. The van der Waals surface area contributed by atoms with Crippen LogP contribution in [0.25, 0.3) is 21.3 Å². The Kier molecular flexibility index (Phi) is 3.83. The smallest absolute Gasteiger partial charge is 0.195 e. The lowest BCUT2D eigenvalue weighted by Crippen LogP contribution is -1.87. The van der Waals surface area contributed by atoms with Gasteiger partial charge >= 0.3 is 0 Å². The van der Waals surface area contributed by atoms with Gasteiger partial charge < -0.3 is 4.42 Å². The average Bonchev–Trinajstić information content (AvgIpc) is 3.14. The monoisotopic (exact) mass is 326 g/mol. The van der Waals surface area contributed by atoms with Gasteiger partial charge in [0.15, 0.2) is 15.8 Å². The summed E-state index contributed by atoms with van der Waals surface area (Å²) in [7, 11) is 0.